The Bertz CT molecular complexity index is 1440. The Morgan fingerprint density at radius 3 is 1.76 bits per heavy atom. The molecular formula is C32H43ClN6O6. The number of aromatic nitrogens is 4. The van der Waals surface area contributed by atoms with Crippen LogP contribution in [0.25, 0.3) is 22.2 Å². The number of furan rings is 2. The van der Waals surface area contributed by atoms with Gasteiger partial charge in [-0.3, -0.25) is 9.80 Å². The van der Waals surface area contributed by atoms with E-state index in [9.17, 15) is 5.11 Å². The normalized spacial score (nSPS) is 26.4. The molecule has 0 aromatic carbocycles. The Morgan fingerprint density at radius 1 is 0.667 bits per heavy atom. The molecule has 0 bridgehead atoms. The van der Waals surface area contributed by atoms with Crippen molar-refractivity contribution < 1.29 is 28.2 Å². The molecule has 0 atom stereocenters. The first kappa shape index (κ1) is 32.1. The fourth-order valence-corrected chi connectivity index (χ4v) is 6.80. The number of halogens is 1. The lowest BCUT2D eigenvalue weighted by molar-refractivity contribution is -0.00366. The summed E-state index contributed by atoms with van der Waals surface area (Å²) in [5, 5.41) is 11.4. The van der Waals surface area contributed by atoms with Crippen LogP contribution in [0.2, 0.25) is 5.15 Å². The van der Waals surface area contributed by atoms with Crippen molar-refractivity contribution in [1.82, 2.24) is 29.7 Å². The fraction of sp³-hybridized carbons (Fsp3) is 0.625. The lowest BCUT2D eigenvalue weighted by Gasteiger charge is -2.38. The number of aliphatic hydroxyl groups is 1. The van der Waals surface area contributed by atoms with E-state index in [0.717, 1.165) is 89.1 Å². The molecule has 2 aliphatic heterocycles. The highest BCUT2D eigenvalue weighted by atomic mass is 35.5. The van der Waals surface area contributed by atoms with Crippen molar-refractivity contribution in [1.29, 1.82) is 0 Å². The summed E-state index contributed by atoms with van der Waals surface area (Å²) in [4.78, 5) is 21.1. The molecule has 0 spiro atoms. The molecule has 1 N–H and O–H groups in total. The van der Waals surface area contributed by atoms with Crippen LogP contribution in [0.3, 0.4) is 0 Å². The average Bonchev–Trinajstić information content (AvgIpc) is 3.79. The van der Waals surface area contributed by atoms with E-state index in [2.05, 4.69) is 29.7 Å². The van der Waals surface area contributed by atoms with Gasteiger partial charge in [0.05, 0.1) is 50.4 Å². The van der Waals surface area contributed by atoms with Gasteiger partial charge in [0.2, 0.25) is 17.3 Å². The molecule has 0 unspecified atom stereocenters. The molecule has 13 heteroatoms. The molecule has 2 saturated carbocycles. The molecular weight excluding hydrogens is 600 g/mol. The van der Waals surface area contributed by atoms with Gasteiger partial charge >= 0.3 is 0 Å². The standard InChI is InChI=1S/C16H21N3O3.C10H19NO2.C6H3ClN2O/c1-3-13(4-2-12(1)19-6-9-20-10-7-19)22-16-14-5-8-21-15(14)17-11-18-16;12-10-3-1-9(2-4-10)11-5-7-13-8-6-11;7-5-4-1-2-10-6(4)9-3-8-5/h5,8,11-13H,1-4,6-7,9-10H2;9-10,12H,1-8H2;1-3H. The summed E-state index contributed by atoms with van der Waals surface area (Å²) in [6.45, 7) is 7.82. The second-order valence-corrected chi connectivity index (χ2v) is 12.3. The third-order valence-corrected chi connectivity index (χ3v) is 9.45. The SMILES string of the molecule is Clc1ncnc2occc12.OC1CCC(N2CCOCC2)CC1.c1nc(OC2CCC(N3CCOCC3)CC2)c2ccoc2n1. The average molecular weight is 643 g/mol. The first-order valence-electron chi connectivity index (χ1n) is 16.1. The van der Waals surface area contributed by atoms with Crippen LogP contribution < -0.4 is 4.74 Å². The summed E-state index contributed by atoms with van der Waals surface area (Å²) < 4.78 is 27.1. The van der Waals surface area contributed by atoms with Gasteiger partial charge in [0.25, 0.3) is 0 Å². The van der Waals surface area contributed by atoms with E-state index in [1.54, 1.807) is 12.3 Å². The molecule has 0 radical (unpaired) electrons. The van der Waals surface area contributed by atoms with E-state index in [1.165, 1.54) is 44.6 Å². The molecule has 0 amide bonds. The molecule has 8 rings (SSSR count). The van der Waals surface area contributed by atoms with Crippen LogP contribution >= 0.6 is 11.6 Å². The molecule has 2 aliphatic carbocycles. The maximum Gasteiger partial charge on any atom is 0.232 e. The van der Waals surface area contributed by atoms with Gasteiger partial charge < -0.3 is 28.2 Å². The largest absolute Gasteiger partial charge is 0.474 e. The van der Waals surface area contributed by atoms with Gasteiger partial charge in [-0.1, -0.05) is 11.6 Å². The molecule has 4 aromatic heterocycles. The number of hydrogen-bond donors (Lipinski definition) is 1. The van der Waals surface area contributed by atoms with Crippen molar-refractivity contribution in [3.8, 4) is 5.88 Å². The smallest absolute Gasteiger partial charge is 0.232 e. The van der Waals surface area contributed by atoms with E-state index >= 15 is 0 Å². The van der Waals surface area contributed by atoms with Crippen LogP contribution in [-0.2, 0) is 9.47 Å². The Balaban J connectivity index is 0.000000131. The highest BCUT2D eigenvalue weighted by molar-refractivity contribution is 6.33. The van der Waals surface area contributed by atoms with E-state index in [1.807, 2.05) is 6.07 Å². The molecule has 4 fully saturated rings. The van der Waals surface area contributed by atoms with Crippen molar-refractivity contribution in [2.75, 3.05) is 52.6 Å². The summed E-state index contributed by atoms with van der Waals surface area (Å²) in [5.41, 5.74) is 1.12. The van der Waals surface area contributed by atoms with Crippen molar-refractivity contribution in [3.05, 3.63) is 42.5 Å². The Labute approximate surface area is 268 Å². The Hall–Kier alpha value is -2.87. The van der Waals surface area contributed by atoms with Crippen LogP contribution in [-0.4, -0.2) is 112 Å². The number of nitrogens with zero attached hydrogens (tertiary/aromatic N) is 6. The van der Waals surface area contributed by atoms with E-state index in [4.69, 9.17) is 34.6 Å². The van der Waals surface area contributed by atoms with E-state index in [-0.39, 0.29) is 12.2 Å². The summed E-state index contributed by atoms with van der Waals surface area (Å²) in [7, 11) is 0. The van der Waals surface area contributed by atoms with Crippen LogP contribution in [0.15, 0.2) is 46.1 Å². The topological polar surface area (TPSA) is 132 Å². The van der Waals surface area contributed by atoms with Crippen LogP contribution in [0.5, 0.6) is 5.88 Å². The quantitative estimate of drug-likeness (QED) is 0.308. The number of ether oxygens (including phenoxy) is 3. The summed E-state index contributed by atoms with van der Waals surface area (Å²) in [6.07, 6.45) is 15.1. The van der Waals surface area contributed by atoms with Gasteiger partial charge in [0, 0.05) is 38.3 Å². The lowest BCUT2D eigenvalue weighted by Crippen LogP contribution is -2.46. The second kappa shape index (κ2) is 16.1. The number of hydrogen-bond acceptors (Lipinski definition) is 12. The molecule has 6 heterocycles. The second-order valence-electron chi connectivity index (χ2n) is 11.9. The van der Waals surface area contributed by atoms with Crippen molar-refractivity contribution in [2.24, 2.45) is 0 Å². The van der Waals surface area contributed by atoms with Crippen LogP contribution in [0.1, 0.15) is 51.4 Å². The zero-order valence-corrected chi connectivity index (χ0v) is 26.4. The minimum Gasteiger partial charge on any atom is -0.474 e. The predicted octanol–water partition coefficient (Wildman–Crippen LogP) is 4.74. The van der Waals surface area contributed by atoms with Crippen LogP contribution in [0, 0.1) is 0 Å². The number of rotatable bonds is 4. The third-order valence-electron chi connectivity index (χ3n) is 9.15. The Morgan fingerprint density at radius 2 is 1.18 bits per heavy atom. The maximum atomic E-state index is 9.38. The monoisotopic (exact) mass is 642 g/mol. The maximum absolute atomic E-state index is 9.38. The molecule has 12 nitrogen and oxygen atoms in total. The molecule has 244 valence electrons. The molecule has 4 aliphatic rings. The molecule has 45 heavy (non-hydrogen) atoms. The van der Waals surface area contributed by atoms with Gasteiger partial charge in [0.15, 0.2) is 0 Å². The fourth-order valence-electron chi connectivity index (χ4n) is 6.62. The first-order valence-corrected chi connectivity index (χ1v) is 16.5. The van der Waals surface area contributed by atoms with E-state index < -0.39 is 0 Å². The summed E-state index contributed by atoms with van der Waals surface area (Å²) >= 11 is 5.69. The van der Waals surface area contributed by atoms with Crippen LogP contribution in [0.4, 0.5) is 0 Å². The molecule has 2 saturated heterocycles. The third kappa shape index (κ3) is 8.69. The number of fused-ring (bicyclic) bond motifs is 2. The zero-order chi connectivity index (χ0) is 30.8. The highest BCUT2D eigenvalue weighted by Gasteiger charge is 2.29. The van der Waals surface area contributed by atoms with Gasteiger partial charge in [-0.15, -0.1) is 0 Å². The zero-order valence-electron chi connectivity index (χ0n) is 25.6. The van der Waals surface area contributed by atoms with Crippen molar-refractivity contribution in [2.45, 2.75) is 75.7 Å². The highest BCUT2D eigenvalue weighted by Crippen LogP contribution is 2.29. The van der Waals surface area contributed by atoms with Gasteiger partial charge in [-0.2, -0.15) is 0 Å². The summed E-state index contributed by atoms with van der Waals surface area (Å²) in [6, 6.07) is 5.00. The number of morpholine rings is 2. The van der Waals surface area contributed by atoms with Crippen molar-refractivity contribution in [3.63, 3.8) is 0 Å². The van der Waals surface area contributed by atoms with Gasteiger partial charge in [-0.05, 0) is 63.5 Å². The number of aliphatic hydroxyl groups excluding tert-OH is 1. The van der Waals surface area contributed by atoms with Crippen molar-refractivity contribution >= 4 is 33.8 Å². The van der Waals surface area contributed by atoms with Gasteiger partial charge in [0.1, 0.15) is 29.3 Å². The Kier molecular flexibility index (Phi) is 11.5. The minimum atomic E-state index is -0.0303. The minimum absolute atomic E-state index is 0.0303. The molecule has 4 aromatic rings. The first-order chi connectivity index (χ1) is 22.1. The summed E-state index contributed by atoms with van der Waals surface area (Å²) in [5.74, 6) is 0.647. The van der Waals surface area contributed by atoms with E-state index in [0.29, 0.717) is 34.5 Å². The predicted molar refractivity (Wildman–Crippen MR) is 168 cm³/mol. The van der Waals surface area contributed by atoms with Gasteiger partial charge in [-0.25, -0.2) is 19.9 Å². The lowest BCUT2D eigenvalue weighted by atomic mass is 9.91.